The molecule has 2 heterocycles. The minimum absolute atomic E-state index is 0.0744. The maximum atomic E-state index is 13.1. The number of amides is 1. The van der Waals surface area contributed by atoms with Crippen LogP contribution in [0.4, 0.5) is 0 Å². The summed E-state index contributed by atoms with van der Waals surface area (Å²) < 4.78 is 21.8. The van der Waals surface area contributed by atoms with Crippen LogP contribution >= 0.6 is 7.82 Å². The second kappa shape index (κ2) is 13.4. The first kappa shape index (κ1) is 28.4. The molecular formula is C25H33N2O9P. The minimum atomic E-state index is -5.07. The van der Waals surface area contributed by atoms with E-state index in [4.69, 9.17) is 14.1 Å². The first-order valence-electron chi connectivity index (χ1n) is 12.2. The van der Waals surface area contributed by atoms with E-state index in [9.17, 15) is 29.0 Å². The molecule has 0 unspecified atom stereocenters. The number of hydrogen-bond acceptors (Lipinski definition) is 8. The Labute approximate surface area is 215 Å². The third-order valence-electron chi connectivity index (χ3n) is 5.79. The van der Waals surface area contributed by atoms with E-state index >= 15 is 0 Å². The molecule has 1 atom stereocenters. The van der Waals surface area contributed by atoms with E-state index in [1.165, 1.54) is 6.07 Å². The molecule has 1 saturated heterocycles. The predicted octanol–water partition coefficient (Wildman–Crippen LogP) is 3.63. The summed E-state index contributed by atoms with van der Waals surface area (Å²) in [5.41, 5.74) is 0.226. The van der Waals surface area contributed by atoms with Gasteiger partial charge in [-0.05, 0) is 56.7 Å². The number of fused-ring (bicyclic) bond motifs is 1. The molecule has 1 aromatic carbocycles. The van der Waals surface area contributed by atoms with Crippen LogP contribution in [0, 0.1) is 0 Å². The Balaban J connectivity index is 1.94. The Morgan fingerprint density at radius 1 is 1.16 bits per heavy atom. The van der Waals surface area contributed by atoms with Crippen molar-refractivity contribution in [3.63, 3.8) is 0 Å². The highest BCUT2D eigenvalue weighted by Crippen LogP contribution is 2.42. The van der Waals surface area contributed by atoms with Gasteiger partial charge in [-0.2, -0.15) is 0 Å². The van der Waals surface area contributed by atoms with Crippen molar-refractivity contribution >= 4 is 25.4 Å². The van der Waals surface area contributed by atoms with Gasteiger partial charge in [-0.25, -0.2) is 9.36 Å². The van der Waals surface area contributed by atoms with Gasteiger partial charge in [0.05, 0.1) is 5.71 Å². The summed E-state index contributed by atoms with van der Waals surface area (Å²) in [6.45, 7) is 2.81. The van der Waals surface area contributed by atoms with E-state index in [2.05, 4.69) is 5.16 Å². The Hall–Kier alpha value is -3.14. The van der Waals surface area contributed by atoms with Gasteiger partial charge in [0.1, 0.15) is 23.2 Å². The van der Waals surface area contributed by atoms with Crippen molar-refractivity contribution in [2.45, 2.75) is 58.0 Å². The average molecular weight is 537 g/mol. The van der Waals surface area contributed by atoms with Crippen LogP contribution in [-0.4, -0.2) is 63.2 Å². The smallest absolute Gasteiger partial charge is 0.508 e. The second-order valence-electron chi connectivity index (χ2n) is 8.94. The molecule has 3 N–H and O–H groups in total. The lowest BCUT2D eigenvalue weighted by molar-refractivity contribution is -0.137. The van der Waals surface area contributed by atoms with Gasteiger partial charge in [0.25, 0.3) is 5.91 Å². The highest BCUT2D eigenvalue weighted by molar-refractivity contribution is 7.46. The van der Waals surface area contributed by atoms with Gasteiger partial charge in [-0.3, -0.25) is 14.6 Å². The average Bonchev–Trinajstić information content (AvgIpc) is 2.81. The molecule has 1 amide bonds. The van der Waals surface area contributed by atoms with Gasteiger partial charge >= 0.3 is 13.8 Å². The number of phenols is 1. The molecule has 202 valence electrons. The number of likely N-dealkylation sites (tertiary alicyclic amines) is 1. The number of piperidine rings is 1. The zero-order chi connectivity index (χ0) is 26.8. The molecule has 2 aliphatic heterocycles. The van der Waals surface area contributed by atoms with Crippen LogP contribution in [0.25, 0.3) is 0 Å². The Morgan fingerprint density at radius 2 is 1.89 bits per heavy atom. The van der Waals surface area contributed by atoms with Gasteiger partial charge in [-0.15, -0.1) is 0 Å². The number of cyclic esters (lactones) is 1. The summed E-state index contributed by atoms with van der Waals surface area (Å²) >= 11 is 0. The van der Waals surface area contributed by atoms with Crippen LogP contribution in [0.3, 0.4) is 0 Å². The molecule has 1 aromatic rings. The lowest BCUT2D eigenvalue weighted by Gasteiger charge is -2.26. The number of nitrogens with zero attached hydrogens (tertiary/aromatic N) is 2. The summed E-state index contributed by atoms with van der Waals surface area (Å²) in [5.74, 6) is -1.95. The van der Waals surface area contributed by atoms with Gasteiger partial charge in [0.15, 0.2) is 6.61 Å². The molecule has 0 spiro atoms. The number of carbonyl (C=O) groups is 2. The number of aromatic hydroxyl groups is 1. The third-order valence-corrected chi connectivity index (χ3v) is 6.23. The monoisotopic (exact) mass is 536 g/mol. The summed E-state index contributed by atoms with van der Waals surface area (Å²) in [4.78, 5) is 51.3. The zero-order valence-corrected chi connectivity index (χ0v) is 21.6. The number of hydrogen-bond donors (Lipinski definition) is 3. The van der Waals surface area contributed by atoms with Crippen molar-refractivity contribution < 1.29 is 43.1 Å². The molecule has 37 heavy (non-hydrogen) atoms. The van der Waals surface area contributed by atoms with E-state index in [1.54, 1.807) is 17.9 Å². The third kappa shape index (κ3) is 9.35. The highest BCUT2D eigenvalue weighted by Gasteiger charge is 2.27. The number of phosphoric ester groups is 1. The van der Waals surface area contributed by atoms with Crippen LogP contribution in [0.1, 0.15) is 61.4 Å². The molecule has 0 aliphatic carbocycles. The summed E-state index contributed by atoms with van der Waals surface area (Å²) in [6, 6.07) is 2.20. The Morgan fingerprint density at radius 3 is 2.62 bits per heavy atom. The number of rotatable bonds is 5. The molecule has 0 bridgehead atoms. The maximum Gasteiger partial charge on any atom is 0.524 e. The molecule has 3 rings (SSSR count). The number of phosphoric acid groups is 1. The largest absolute Gasteiger partial charge is 0.524 e. The molecule has 0 radical (unpaired) electrons. The number of allylic oxidation sites excluding steroid dienone is 3. The fourth-order valence-corrected chi connectivity index (χ4v) is 4.46. The number of oxime groups is 1. The molecule has 12 heteroatoms. The fourth-order valence-electron chi connectivity index (χ4n) is 4.06. The zero-order valence-electron chi connectivity index (χ0n) is 20.7. The van der Waals surface area contributed by atoms with Gasteiger partial charge < -0.3 is 24.1 Å². The van der Waals surface area contributed by atoms with Crippen LogP contribution in [0.2, 0.25) is 0 Å². The van der Waals surface area contributed by atoms with E-state index in [0.717, 1.165) is 31.7 Å². The van der Waals surface area contributed by atoms with Crippen molar-refractivity contribution in [2.24, 2.45) is 5.16 Å². The summed E-state index contributed by atoms with van der Waals surface area (Å²) in [6.07, 6.45) is 11.7. The lowest BCUT2D eigenvalue weighted by Crippen LogP contribution is -2.37. The second-order valence-corrected chi connectivity index (χ2v) is 10.1. The van der Waals surface area contributed by atoms with Gasteiger partial charge in [0, 0.05) is 32.0 Å². The van der Waals surface area contributed by atoms with Crippen molar-refractivity contribution in [3.05, 3.63) is 47.6 Å². The van der Waals surface area contributed by atoms with Crippen LogP contribution in [-0.2, 0) is 25.4 Å². The quantitative estimate of drug-likeness (QED) is 0.221. The lowest BCUT2D eigenvalue weighted by atomic mass is 9.99. The van der Waals surface area contributed by atoms with Crippen molar-refractivity contribution in [3.8, 4) is 11.5 Å². The van der Waals surface area contributed by atoms with Crippen molar-refractivity contribution in [2.75, 3.05) is 19.7 Å². The number of ether oxygens (including phenoxy) is 1. The number of phenolic OH excluding ortho intramolecular Hbond substituents is 1. The van der Waals surface area contributed by atoms with E-state index in [1.807, 2.05) is 18.2 Å². The van der Waals surface area contributed by atoms with Crippen molar-refractivity contribution in [1.82, 2.24) is 4.90 Å². The van der Waals surface area contributed by atoms with Crippen molar-refractivity contribution in [1.29, 1.82) is 0 Å². The first-order valence-corrected chi connectivity index (χ1v) is 13.8. The Bertz CT molecular complexity index is 1100. The fraction of sp³-hybridized carbons (Fsp3) is 0.480. The van der Waals surface area contributed by atoms with Crippen LogP contribution < -0.4 is 4.52 Å². The summed E-state index contributed by atoms with van der Waals surface area (Å²) in [7, 11) is -5.07. The first-order chi connectivity index (χ1) is 17.6. The highest BCUT2D eigenvalue weighted by atomic mass is 31.2. The molecular weight excluding hydrogens is 503 g/mol. The van der Waals surface area contributed by atoms with Gasteiger partial charge in [-0.1, -0.05) is 23.4 Å². The number of esters is 1. The van der Waals surface area contributed by atoms with Gasteiger partial charge in [0.2, 0.25) is 0 Å². The molecule has 0 saturated carbocycles. The molecule has 0 aromatic heterocycles. The van der Waals surface area contributed by atoms with E-state index in [-0.39, 0.29) is 35.8 Å². The predicted molar refractivity (Wildman–Crippen MR) is 135 cm³/mol. The van der Waals surface area contributed by atoms with E-state index in [0.29, 0.717) is 31.6 Å². The van der Waals surface area contributed by atoms with Crippen LogP contribution in [0.15, 0.2) is 41.6 Å². The normalized spacial score (nSPS) is 22.4. The summed E-state index contributed by atoms with van der Waals surface area (Å²) in [5, 5.41) is 14.3. The number of benzene rings is 1. The SMILES string of the molecule is C[C@@H]1C/C=C/CC/C=C/C(=N\OCC(=O)N2CCCCC2)Cc2cc(O)cc(OP(=O)(O)O)c2C(=O)O1. The Kier molecular flexibility index (Phi) is 10.3. The maximum absolute atomic E-state index is 13.1. The molecule has 2 aliphatic rings. The van der Waals surface area contributed by atoms with Crippen LogP contribution in [0.5, 0.6) is 11.5 Å². The standard InChI is InChI=1S/C25H33N2O9P/c1-18-10-6-3-2-4-7-11-20(26-34-17-23(29)27-12-8-5-9-13-27)14-19-15-21(28)16-22(36-37(31,32)33)24(19)25(30)35-18/h3,6-7,11,15-16,18,28H,2,4-5,8-10,12-14,17H2,1H3,(H2,31,32,33)/b6-3+,11-7+,26-20+/t18-/m1/s1. The topological polar surface area (TPSA) is 155 Å². The molecule has 1 fully saturated rings. The van der Waals surface area contributed by atoms with E-state index < -0.39 is 25.6 Å². The minimum Gasteiger partial charge on any atom is -0.508 e. The molecule has 11 nitrogen and oxygen atoms in total. The number of carbonyl (C=O) groups excluding carboxylic acids is 2.